The van der Waals surface area contributed by atoms with Gasteiger partial charge in [-0.1, -0.05) is 81.4 Å². The number of benzene rings is 2. The first-order valence-corrected chi connectivity index (χ1v) is 12.5. The predicted octanol–water partition coefficient (Wildman–Crippen LogP) is 3.47. The average molecular weight is 373 g/mol. The standard InChI is InChI=1S/C21H28O2SSi/c1-21(2,3)25(19-10-6-4-7-11-19,20-12-8-5-9-13-20)23-18-14-16-24(22)17-15-18/h4-13,18H,14-17H2,1-3H3. The van der Waals surface area contributed by atoms with Crippen LogP contribution in [0.1, 0.15) is 33.6 Å². The summed E-state index contributed by atoms with van der Waals surface area (Å²) in [5, 5.41) is 2.65. The molecule has 0 radical (unpaired) electrons. The molecule has 0 unspecified atom stereocenters. The highest BCUT2D eigenvalue weighted by molar-refractivity contribution is 7.85. The molecular formula is C21H28O2SSi. The second-order valence-electron chi connectivity index (χ2n) is 7.83. The maximum absolute atomic E-state index is 11.8. The summed E-state index contributed by atoms with van der Waals surface area (Å²) >= 11 is 0. The van der Waals surface area contributed by atoms with Crippen molar-refractivity contribution in [2.75, 3.05) is 11.5 Å². The maximum atomic E-state index is 11.8. The smallest absolute Gasteiger partial charge is 0.261 e. The van der Waals surface area contributed by atoms with Gasteiger partial charge in [0.05, 0.1) is 0 Å². The van der Waals surface area contributed by atoms with Crippen molar-refractivity contribution in [3.63, 3.8) is 0 Å². The van der Waals surface area contributed by atoms with Crippen LogP contribution >= 0.6 is 0 Å². The number of rotatable bonds is 4. The second kappa shape index (κ2) is 7.56. The van der Waals surface area contributed by atoms with Crippen LogP contribution in [0.2, 0.25) is 5.04 Å². The van der Waals surface area contributed by atoms with E-state index < -0.39 is 19.1 Å². The Kier molecular flexibility index (Phi) is 5.61. The third-order valence-electron chi connectivity index (χ3n) is 5.10. The lowest BCUT2D eigenvalue weighted by Gasteiger charge is -2.45. The predicted molar refractivity (Wildman–Crippen MR) is 110 cm³/mol. The summed E-state index contributed by atoms with van der Waals surface area (Å²) in [7, 11) is -3.12. The minimum Gasteiger partial charge on any atom is -0.404 e. The molecule has 1 saturated heterocycles. The van der Waals surface area contributed by atoms with E-state index in [1.54, 1.807) is 0 Å². The number of hydrogen-bond acceptors (Lipinski definition) is 2. The van der Waals surface area contributed by atoms with Crippen molar-refractivity contribution < 1.29 is 8.63 Å². The van der Waals surface area contributed by atoms with Crippen LogP contribution in [0, 0.1) is 0 Å². The minimum atomic E-state index is -2.46. The lowest BCUT2D eigenvalue weighted by atomic mass is 10.2. The zero-order valence-electron chi connectivity index (χ0n) is 15.4. The summed E-state index contributed by atoms with van der Waals surface area (Å²) in [6.07, 6.45) is 2.00. The van der Waals surface area contributed by atoms with Crippen LogP contribution in [0.3, 0.4) is 0 Å². The van der Waals surface area contributed by atoms with Gasteiger partial charge in [0.25, 0.3) is 8.32 Å². The molecular weight excluding hydrogens is 344 g/mol. The summed E-state index contributed by atoms with van der Waals surface area (Å²) in [4.78, 5) is 0. The Balaban J connectivity index is 2.10. The van der Waals surface area contributed by atoms with Crippen molar-refractivity contribution in [3.05, 3.63) is 60.7 Å². The van der Waals surface area contributed by atoms with E-state index in [0.29, 0.717) is 0 Å². The molecule has 1 fully saturated rings. The fourth-order valence-electron chi connectivity index (χ4n) is 3.83. The highest BCUT2D eigenvalue weighted by Gasteiger charge is 2.51. The monoisotopic (exact) mass is 372 g/mol. The molecule has 0 atom stereocenters. The van der Waals surface area contributed by atoms with Gasteiger partial charge in [0.15, 0.2) is 0 Å². The van der Waals surface area contributed by atoms with Crippen LogP contribution < -0.4 is 10.4 Å². The van der Waals surface area contributed by atoms with Crippen molar-refractivity contribution in [1.29, 1.82) is 0 Å². The summed E-state index contributed by atoms with van der Waals surface area (Å²) in [6, 6.07) is 21.5. The minimum absolute atomic E-state index is 0.00626. The van der Waals surface area contributed by atoms with Crippen molar-refractivity contribution in [2.45, 2.75) is 44.8 Å². The van der Waals surface area contributed by atoms with Crippen LogP contribution in [0.15, 0.2) is 60.7 Å². The van der Waals surface area contributed by atoms with Gasteiger partial charge in [-0.25, -0.2) is 0 Å². The van der Waals surface area contributed by atoms with E-state index in [9.17, 15) is 4.21 Å². The van der Waals surface area contributed by atoms with Crippen molar-refractivity contribution >= 4 is 29.5 Å². The van der Waals surface area contributed by atoms with Crippen molar-refractivity contribution in [2.24, 2.45) is 0 Å². The fraction of sp³-hybridized carbons (Fsp3) is 0.429. The van der Waals surface area contributed by atoms with E-state index >= 15 is 0 Å². The summed E-state index contributed by atoms with van der Waals surface area (Å²) in [5.74, 6) is 1.53. The molecule has 2 aromatic rings. The van der Waals surface area contributed by atoms with Crippen molar-refractivity contribution in [3.8, 4) is 0 Å². The number of hydrogen-bond donors (Lipinski definition) is 0. The van der Waals surface area contributed by atoms with Gasteiger partial charge < -0.3 is 4.43 Å². The molecule has 134 valence electrons. The summed E-state index contributed by atoms with van der Waals surface area (Å²) in [6.45, 7) is 6.92. The molecule has 0 amide bonds. The average Bonchev–Trinajstić information content (AvgIpc) is 2.62. The van der Waals surface area contributed by atoms with E-state index in [4.69, 9.17) is 4.43 Å². The van der Waals surface area contributed by atoms with Crippen LogP contribution in [-0.4, -0.2) is 30.1 Å². The normalized spacial score (nSPS) is 21.9. The quantitative estimate of drug-likeness (QED) is 0.768. The fourth-order valence-corrected chi connectivity index (χ4v) is 9.84. The lowest BCUT2D eigenvalue weighted by molar-refractivity contribution is 0.177. The molecule has 4 heteroatoms. The third-order valence-corrected chi connectivity index (χ3v) is 11.6. The van der Waals surface area contributed by atoms with Gasteiger partial charge in [-0.2, -0.15) is 0 Å². The topological polar surface area (TPSA) is 26.3 Å². The molecule has 0 spiro atoms. The van der Waals surface area contributed by atoms with Crippen LogP contribution in [0.25, 0.3) is 0 Å². The summed E-state index contributed by atoms with van der Waals surface area (Å²) in [5.41, 5.74) is 0. The molecule has 0 N–H and O–H groups in total. The van der Waals surface area contributed by atoms with Crippen molar-refractivity contribution in [1.82, 2.24) is 0 Å². The molecule has 1 aliphatic rings. The Morgan fingerprint density at radius 3 is 1.72 bits per heavy atom. The van der Waals surface area contributed by atoms with E-state index in [1.165, 1.54) is 10.4 Å². The van der Waals surface area contributed by atoms with Gasteiger partial charge in [-0.05, 0) is 28.3 Å². The Labute approximate surface area is 155 Å². The first kappa shape index (κ1) is 18.6. The highest BCUT2D eigenvalue weighted by Crippen LogP contribution is 2.38. The van der Waals surface area contributed by atoms with Crippen LogP contribution in [-0.2, 0) is 15.2 Å². The zero-order valence-corrected chi connectivity index (χ0v) is 17.2. The molecule has 1 heterocycles. The second-order valence-corrected chi connectivity index (χ2v) is 13.8. The lowest BCUT2D eigenvalue weighted by Crippen LogP contribution is -2.68. The molecule has 1 aliphatic heterocycles. The SMILES string of the molecule is CC(C)(C)[Si](OC1CCS(=O)CC1)(c1ccccc1)c1ccccc1. The van der Waals surface area contributed by atoms with Gasteiger partial charge in [0, 0.05) is 28.4 Å². The third kappa shape index (κ3) is 3.81. The Morgan fingerprint density at radius 2 is 1.32 bits per heavy atom. The van der Waals surface area contributed by atoms with Crippen LogP contribution in [0.4, 0.5) is 0 Å². The molecule has 0 bridgehead atoms. The molecule has 25 heavy (non-hydrogen) atoms. The van der Waals surface area contributed by atoms with E-state index in [2.05, 4.69) is 81.4 Å². The van der Waals surface area contributed by atoms with Gasteiger partial charge in [-0.3, -0.25) is 4.21 Å². The first-order valence-electron chi connectivity index (χ1n) is 9.07. The first-order chi connectivity index (χ1) is 11.9. The molecule has 2 aromatic carbocycles. The maximum Gasteiger partial charge on any atom is 0.261 e. The van der Waals surface area contributed by atoms with Gasteiger partial charge in [0.2, 0.25) is 0 Å². The molecule has 0 aliphatic carbocycles. The molecule has 2 nitrogen and oxygen atoms in total. The van der Waals surface area contributed by atoms with E-state index in [0.717, 1.165) is 24.3 Å². The summed E-state index contributed by atoms with van der Waals surface area (Å²) < 4.78 is 18.8. The highest BCUT2D eigenvalue weighted by atomic mass is 32.2. The zero-order chi connectivity index (χ0) is 17.9. The molecule has 3 rings (SSSR count). The van der Waals surface area contributed by atoms with E-state index in [-0.39, 0.29) is 11.1 Å². The van der Waals surface area contributed by atoms with Crippen LogP contribution in [0.5, 0.6) is 0 Å². The Hall–Kier alpha value is -1.23. The molecule has 0 saturated carbocycles. The van der Waals surface area contributed by atoms with Gasteiger partial charge in [-0.15, -0.1) is 0 Å². The largest absolute Gasteiger partial charge is 0.404 e. The Bertz CT molecular complexity index is 660. The van der Waals surface area contributed by atoms with E-state index in [1.807, 2.05) is 0 Å². The van der Waals surface area contributed by atoms with Gasteiger partial charge >= 0.3 is 0 Å². The van der Waals surface area contributed by atoms with Gasteiger partial charge in [0.1, 0.15) is 0 Å². The Morgan fingerprint density at radius 1 is 0.880 bits per heavy atom. The molecule has 0 aromatic heterocycles.